The summed E-state index contributed by atoms with van der Waals surface area (Å²) >= 11 is 5.68. The largest absolute Gasteiger partial charge is 0.494 e. The maximum absolute atomic E-state index is 8.40. The molecule has 1 aromatic rings. The van der Waals surface area contributed by atoms with Gasteiger partial charge in [0.25, 0.3) is 0 Å². The van der Waals surface area contributed by atoms with Crippen molar-refractivity contribution < 1.29 is 4.74 Å². The van der Waals surface area contributed by atoms with E-state index in [-0.39, 0.29) is 0 Å². The second-order valence-corrected chi connectivity index (χ2v) is 2.53. The molecule has 0 spiro atoms. The zero-order valence-corrected chi connectivity index (χ0v) is 7.30. The van der Waals surface area contributed by atoms with Gasteiger partial charge in [0.2, 0.25) is 0 Å². The summed E-state index contributed by atoms with van der Waals surface area (Å²) in [5, 5.41) is 8.72. The Morgan fingerprint density at radius 3 is 3.08 bits per heavy atom. The molecule has 0 saturated heterocycles. The van der Waals surface area contributed by atoms with Crippen LogP contribution in [0.4, 0.5) is 0 Å². The van der Waals surface area contributed by atoms with E-state index in [0.717, 1.165) is 5.56 Å². The Morgan fingerprint density at radius 1 is 1.75 bits per heavy atom. The van der Waals surface area contributed by atoms with Crippen molar-refractivity contribution in [2.24, 2.45) is 0 Å². The zero-order chi connectivity index (χ0) is 8.97. The van der Waals surface area contributed by atoms with Crippen molar-refractivity contribution in [3.8, 4) is 11.8 Å². The van der Waals surface area contributed by atoms with Crippen LogP contribution >= 0.6 is 11.6 Å². The molecule has 1 heterocycles. The van der Waals surface area contributed by atoms with Crippen molar-refractivity contribution in [3.05, 3.63) is 23.0 Å². The van der Waals surface area contributed by atoms with E-state index in [1.807, 2.05) is 6.07 Å². The first-order valence-corrected chi connectivity index (χ1v) is 3.71. The fraction of sp³-hybridized carbons (Fsp3) is 0.250. The lowest BCUT2D eigenvalue weighted by Gasteiger charge is -2.02. The Bertz CT molecular complexity index is 319. The Hall–Kier alpha value is -1.27. The van der Waals surface area contributed by atoms with Gasteiger partial charge in [-0.25, -0.2) is 4.98 Å². The monoisotopic (exact) mass is 182 g/mol. The van der Waals surface area contributed by atoms with E-state index < -0.39 is 0 Å². The first-order chi connectivity index (χ1) is 5.77. The van der Waals surface area contributed by atoms with Crippen LogP contribution < -0.4 is 4.74 Å². The summed E-state index contributed by atoms with van der Waals surface area (Å²) in [6.45, 7) is 0. The molecule has 0 aromatic carbocycles. The predicted molar refractivity (Wildman–Crippen MR) is 45.1 cm³/mol. The molecule has 1 aromatic heterocycles. The summed E-state index contributed by atoms with van der Waals surface area (Å²) in [6.07, 6.45) is 1.88. The molecule has 3 nitrogen and oxygen atoms in total. The van der Waals surface area contributed by atoms with Crippen LogP contribution in [0.25, 0.3) is 0 Å². The summed E-state index contributed by atoms with van der Waals surface area (Å²) in [5.41, 5.74) is 0.804. The van der Waals surface area contributed by atoms with Crippen molar-refractivity contribution >= 4 is 11.6 Å². The number of nitrogens with zero attached hydrogens (tertiary/aromatic N) is 2. The molecule has 0 fully saturated rings. The van der Waals surface area contributed by atoms with Crippen LogP contribution in [0.2, 0.25) is 5.15 Å². The molecular formula is C8H7ClN2O. The maximum Gasteiger partial charge on any atom is 0.171 e. The second kappa shape index (κ2) is 3.93. The molecule has 0 bridgehead atoms. The van der Waals surface area contributed by atoms with E-state index in [0.29, 0.717) is 17.3 Å². The number of halogens is 1. The molecule has 4 heteroatoms. The average molecular weight is 183 g/mol. The van der Waals surface area contributed by atoms with Crippen molar-refractivity contribution in [2.45, 2.75) is 6.42 Å². The minimum atomic E-state index is 0.319. The maximum atomic E-state index is 8.40. The van der Waals surface area contributed by atoms with Crippen LogP contribution in [-0.2, 0) is 6.42 Å². The van der Waals surface area contributed by atoms with E-state index in [2.05, 4.69) is 4.98 Å². The van der Waals surface area contributed by atoms with Gasteiger partial charge in [-0.3, -0.25) is 0 Å². The molecule has 0 radical (unpaired) electrons. The Labute approximate surface area is 75.6 Å². The highest BCUT2D eigenvalue weighted by Gasteiger charge is 2.02. The lowest BCUT2D eigenvalue weighted by Crippen LogP contribution is -1.90. The quantitative estimate of drug-likeness (QED) is 0.656. The normalized spacial score (nSPS) is 9.08. The lowest BCUT2D eigenvalue weighted by atomic mass is 10.2. The molecule has 0 aliphatic heterocycles. The van der Waals surface area contributed by atoms with Gasteiger partial charge in [0.05, 0.1) is 19.6 Å². The smallest absolute Gasteiger partial charge is 0.171 e. The Kier molecular flexibility index (Phi) is 2.89. The zero-order valence-electron chi connectivity index (χ0n) is 6.54. The number of pyridine rings is 1. The van der Waals surface area contributed by atoms with Crippen molar-refractivity contribution in [1.82, 2.24) is 4.98 Å². The van der Waals surface area contributed by atoms with Gasteiger partial charge >= 0.3 is 0 Å². The molecular weight excluding hydrogens is 176 g/mol. The third-order valence-corrected chi connectivity index (χ3v) is 1.65. The molecule has 62 valence electrons. The molecule has 0 saturated carbocycles. The summed E-state index contributed by atoms with van der Waals surface area (Å²) in [4.78, 5) is 3.86. The Balaban J connectivity index is 2.98. The minimum Gasteiger partial charge on any atom is -0.494 e. The highest BCUT2D eigenvalue weighted by atomic mass is 35.5. The van der Waals surface area contributed by atoms with Crippen LogP contribution in [0, 0.1) is 11.3 Å². The van der Waals surface area contributed by atoms with Gasteiger partial charge in [-0.2, -0.15) is 5.26 Å². The van der Waals surface area contributed by atoms with E-state index in [4.69, 9.17) is 21.6 Å². The van der Waals surface area contributed by atoms with Gasteiger partial charge in [0, 0.05) is 6.20 Å². The molecule has 0 aliphatic carbocycles. The van der Waals surface area contributed by atoms with Crippen LogP contribution in [0.3, 0.4) is 0 Å². The SMILES string of the molecule is COc1cc(CC#N)cnc1Cl. The van der Waals surface area contributed by atoms with E-state index in [1.54, 1.807) is 12.3 Å². The molecule has 0 atom stereocenters. The fourth-order valence-corrected chi connectivity index (χ4v) is 0.980. The van der Waals surface area contributed by atoms with Crippen LogP contribution in [-0.4, -0.2) is 12.1 Å². The first kappa shape index (κ1) is 8.82. The molecule has 0 amide bonds. The fourth-order valence-electron chi connectivity index (χ4n) is 0.800. The van der Waals surface area contributed by atoms with Gasteiger partial charge < -0.3 is 4.74 Å². The average Bonchev–Trinajstić information content (AvgIpc) is 2.09. The number of ether oxygens (including phenoxy) is 1. The van der Waals surface area contributed by atoms with Gasteiger partial charge in [0.1, 0.15) is 0 Å². The standard InChI is InChI=1S/C8H7ClN2O/c1-12-7-4-6(2-3-10)5-11-8(7)9/h4-5H,2H2,1H3. The summed E-state index contributed by atoms with van der Waals surface area (Å²) in [5.74, 6) is 0.504. The third-order valence-electron chi connectivity index (χ3n) is 1.37. The summed E-state index contributed by atoms with van der Waals surface area (Å²) < 4.78 is 4.93. The second-order valence-electron chi connectivity index (χ2n) is 2.17. The summed E-state index contributed by atoms with van der Waals surface area (Å²) in [6, 6.07) is 3.72. The topological polar surface area (TPSA) is 45.9 Å². The summed E-state index contributed by atoms with van der Waals surface area (Å²) in [7, 11) is 1.51. The van der Waals surface area contributed by atoms with Gasteiger partial charge in [-0.1, -0.05) is 11.6 Å². The van der Waals surface area contributed by atoms with Gasteiger partial charge in [0.15, 0.2) is 10.9 Å². The molecule has 0 aliphatic rings. The van der Waals surface area contributed by atoms with Crippen molar-refractivity contribution in [2.75, 3.05) is 7.11 Å². The van der Waals surface area contributed by atoms with E-state index in [9.17, 15) is 0 Å². The first-order valence-electron chi connectivity index (χ1n) is 3.33. The number of aromatic nitrogens is 1. The van der Waals surface area contributed by atoms with Gasteiger partial charge in [-0.05, 0) is 11.6 Å². The predicted octanol–water partition coefficient (Wildman–Crippen LogP) is 1.81. The number of hydrogen-bond acceptors (Lipinski definition) is 3. The van der Waals surface area contributed by atoms with Crippen LogP contribution in [0.5, 0.6) is 5.75 Å². The third kappa shape index (κ3) is 1.86. The van der Waals surface area contributed by atoms with E-state index >= 15 is 0 Å². The highest BCUT2D eigenvalue weighted by molar-refractivity contribution is 6.30. The van der Waals surface area contributed by atoms with E-state index in [1.165, 1.54) is 7.11 Å². The van der Waals surface area contributed by atoms with Gasteiger partial charge in [-0.15, -0.1) is 0 Å². The Morgan fingerprint density at radius 2 is 2.50 bits per heavy atom. The van der Waals surface area contributed by atoms with Crippen molar-refractivity contribution in [1.29, 1.82) is 5.26 Å². The number of hydrogen-bond donors (Lipinski definition) is 0. The van der Waals surface area contributed by atoms with Crippen LogP contribution in [0.15, 0.2) is 12.3 Å². The minimum absolute atomic E-state index is 0.319. The number of nitriles is 1. The number of rotatable bonds is 2. The van der Waals surface area contributed by atoms with Crippen molar-refractivity contribution in [3.63, 3.8) is 0 Å². The lowest BCUT2D eigenvalue weighted by molar-refractivity contribution is 0.412. The highest BCUT2D eigenvalue weighted by Crippen LogP contribution is 2.21. The molecule has 12 heavy (non-hydrogen) atoms. The molecule has 0 unspecified atom stereocenters. The van der Waals surface area contributed by atoms with Crippen LogP contribution in [0.1, 0.15) is 5.56 Å². The number of methoxy groups -OCH3 is 1. The molecule has 1 rings (SSSR count). The molecule has 0 N–H and O–H groups in total.